The van der Waals surface area contributed by atoms with E-state index in [-0.39, 0.29) is 11.8 Å². The van der Waals surface area contributed by atoms with Gasteiger partial charge in [-0.15, -0.1) is 0 Å². The Hall–Kier alpha value is -3.02. The number of carbonyl (C=O) groups excluding carboxylic acids is 2. The molecule has 1 heterocycles. The number of nitrogens with one attached hydrogen (secondary N) is 1. The summed E-state index contributed by atoms with van der Waals surface area (Å²) in [5.74, 6) is 0.938. The third-order valence-corrected chi connectivity index (χ3v) is 4.20. The first-order valence-corrected chi connectivity index (χ1v) is 8.61. The fourth-order valence-electron chi connectivity index (χ4n) is 2.91. The normalized spacial score (nSPS) is 15.9. The Morgan fingerprint density at radius 2 is 2.08 bits per heavy atom. The number of hydrogen-bond donors (Lipinski definition) is 1. The summed E-state index contributed by atoms with van der Waals surface area (Å²) in [6, 6.07) is 12.2. The Balaban J connectivity index is 1.86. The quantitative estimate of drug-likeness (QED) is 0.893. The lowest BCUT2D eigenvalue weighted by molar-refractivity contribution is -0.125. The summed E-state index contributed by atoms with van der Waals surface area (Å²) in [4.78, 5) is 26.6. The van der Waals surface area contributed by atoms with E-state index in [1.165, 1.54) is 0 Å². The van der Waals surface area contributed by atoms with Crippen molar-refractivity contribution in [2.75, 3.05) is 23.9 Å². The van der Waals surface area contributed by atoms with Crippen LogP contribution >= 0.6 is 0 Å². The zero-order valence-electron chi connectivity index (χ0n) is 15.1. The van der Waals surface area contributed by atoms with Gasteiger partial charge < -0.3 is 19.7 Å². The van der Waals surface area contributed by atoms with E-state index < -0.39 is 6.10 Å². The van der Waals surface area contributed by atoms with Crippen LogP contribution in [-0.4, -0.2) is 31.6 Å². The monoisotopic (exact) mass is 354 g/mol. The van der Waals surface area contributed by atoms with Crippen LogP contribution in [0.2, 0.25) is 0 Å². The average molecular weight is 354 g/mol. The fourth-order valence-corrected chi connectivity index (χ4v) is 2.91. The summed E-state index contributed by atoms with van der Waals surface area (Å²) in [5.41, 5.74) is 1.77. The van der Waals surface area contributed by atoms with Gasteiger partial charge in [0, 0.05) is 17.8 Å². The summed E-state index contributed by atoms with van der Waals surface area (Å²) >= 11 is 0. The predicted octanol–water partition coefficient (Wildman–Crippen LogP) is 3.47. The number of nitrogens with zero attached hydrogens (tertiary/aromatic N) is 1. The molecule has 1 atom stereocenters. The first-order chi connectivity index (χ1) is 12.5. The highest BCUT2D eigenvalue weighted by molar-refractivity contribution is 6.06. The summed E-state index contributed by atoms with van der Waals surface area (Å²) in [6.45, 7) is 4.36. The van der Waals surface area contributed by atoms with Gasteiger partial charge in [-0.1, -0.05) is 13.0 Å². The molecule has 0 fully saturated rings. The molecular formula is C20H22N2O4. The van der Waals surface area contributed by atoms with Crippen LogP contribution in [0, 0.1) is 0 Å². The van der Waals surface area contributed by atoms with Gasteiger partial charge in [0.1, 0.15) is 11.5 Å². The van der Waals surface area contributed by atoms with Crippen molar-refractivity contribution in [3.05, 3.63) is 48.0 Å². The average Bonchev–Trinajstić information content (AvgIpc) is 2.66. The zero-order valence-corrected chi connectivity index (χ0v) is 15.1. The molecule has 2 aromatic carbocycles. The van der Waals surface area contributed by atoms with E-state index in [9.17, 15) is 9.59 Å². The van der Waals surface area contributed by atoms with Crippen LogP contribution in [0.4, 0.5) is 11.4 Å². The minimum atomic E-state index is -0.508. The molecule has 6 nitrogen and oxygen atoms in total. The molecule has 136 valence electrons. The maximum Gasteiger partial charge on any atom is 0.267 e. The van der Waals surface area contributed by atoms with Crippen LogP contribution in [0.25, 0.3) is 0 Å². The lowest BCUT2D eigenvalue weighted by atomic mass is 10.1. The summed E-state index contributed by atoms with van der Waals surface area (Å²) in [7, 11) is 1.56. The summed E-state index contributed by atoms with van der Waals surface area (Å²) in [6.07, 6.45) is 0.324. The molecule has 0 aromatic heterocycles. The van der Waals surface area contributed by atoms with Gasteiger partial charge in [0.2, 0.25) is 0 Å². The highest BCUT2D eigenvalue weighted by Crippen LogP contribution is 2.36. The topological polar surface area (TPSA) is 67.9 Å². The van der Waals surface area contributed by atoms with Crippen LogP contribution in [0.1, 0.15) is 30.6 Å². The summed E-state index contributed by atoms with van der Waals surface area (Å²) in [5, 5.41) is 2.86. The van der Waals surface area contributed by atoms with Crippen LogP contribution in [0.3, 0.4) is 0 Å². The molecule has 26 heavy (non-hydrogen) atoms. The molecule has 0 saturated heterocycles. The molecule has 0 aliphatic carbocycles. The second-order valence-corrected chi connectivity index (χ2v) is 6.12. The Morgan fingerprint density at radius 1 is 1.27 bits per heavy atom. The summed E-state index contributed by atoms with van der Waals surface area (Å²) < 4.78 is 10.8. The SMILES string of the molecule is CCCN1C(=O)C(C)Oc2ccc(NC(=O)c3cccc(OC)c3)cc21. The van der Waals surface area contributed by atoms with E-state index in [1.54, 1.807) is 61.4 Å². The Morgan fingerprint density at radius 3 is 2.81 bits per heavy atom. The molecular weight excluding hydrogens is 332 g/mol. The molecule has 2 aromatic rings. The lowest BCUT2D eigenvalue weighted by Crippen LogP contribution is -2.44. The zero-order chi connectivity index (χ0) is 18.7. The molecule has 0 bridgehead atoms. The molecule has 0 spiro atoms. The number of rotatable bonds is 5. The molecule has 2 amide bonds. The minimum absolute atomic E-state index is 0.0735. The van der Waals surface area contributed by atoms with E-state index in [0.29, 0.717) is 35.0 Å². The molecule has 0 radical (unpaired) electrons. The standard InChI is InChI=1S/C20H22N2O4/c1-4-10-22-17-12-15(8-9-18(17)26-13(2)20(22)24)21-19(23)14-6-5-7-16(11-14)25-3/h5-9,11-13H,4,10H2,1-3H3,(H,21,23). The van der Waals surface area contributed by atoms with E-state index in [0.717, 1.165) is 6.42 Å². The largest absolute Gasteiger partial charge is 0.497 e. The molecule has 1 aliphatic rings. The van der Waals surface area contributed by atoms with Crippen molar-refractivity contribution in [2.45, 2.75) is 26.4 Å². The van der Waals surface area contributed by atoms with Crippen molar-refractivity contribution in [3.8, 4) is 11.5 Å². The van der Waals surface area contributed by atoms with Crippen LogP contribution < -0.4 is 19.7 Å². The number of carbonyl (C=O) groups is 2. The number of ether oxygens (including phenoxy) is 2. The molecule has 1 unspecified atom stereocenters. The van der Waals surface area contributed by atoms with E-state index in [2.05, 4.69) is 5.32 Å². The number of anilines is 2. The smallest absolute Gasteiger partial charge is 0.267 e. The minimum Gasteiger partial charge on any atom is -0.497 e. The molecule has 6 heteroatoms. The van der Waals surface area contributed by atoms with Gasteiger partial charge in [0.25, 0.3) is 11.8 Å². The van der Waals surface area contributed by atoms with Crippen LogP contribution in [0.5, 0.6) is 11.5 Å². The predicted molar refractivity (Wildman–Crippen MR) is 100 cm³/mol. The van der Waals surface area contributed by atoms with Gasteiger partial charge in [0.05, 0.1) is 12.8 Å². The third kappa shape index (κ3) is 3.49. The lowest BCUT2D eigenvalue weighted by Gasteiger charge is -2.33. The van der Waals surface area contributed by atoms with Crippen LogP contribution in [-0.2, 0) is 4.79 Å². The van der Waals surface area contributed by atoms with Gasteiger partial charge in [0.15, 0.2) is 6.10 Å². The first kappa shape index (κ1) is 17.8. The van der Waals surface area contributed by atoms with Crippen molar-refractivity contribution in [1.82, 2.24) is 0 Å². The van der Waals surface area contributed by atoms with Crippen molar-refractivity contribution in [2.24, 2.45) is 0 Å². The van der Waals surface area contributed by atoms with Crippen molar-refractivity contribution in [3.63, 3.8) is 0 Å². The number of benzene rings is 2. The fraction of sp³-hybridized carbons (Fsp3) is 0.300. The molecule has 1 N–H and O–H groups in total. The highest BCUT2D eigenvalue weighted by atomic mass is 16.5. The van der Waals surface area contributed by atoms with E-state index >= 15 is 0 Å². The number of amides is 2. The maximum atomic E-state index is 12.5. The number of methoxy groups -OCH3 is 1. The van der Waals surface area contributed by atoms with E-state index in [4.69, 9.17) is 9.47 Å². The number of fused-ring (bicyclic) bond motifs is 1. The Kier molecular flexibility index (Phi) is 5.11. The van der Waals surface area contributed by atoms with Crippen molar-refractivity contribution < 1.29 is 19.1 Å². The van der Waals surface area contributed by atoms with Gasteiger partial charge in [-0.05, 0) is 49.7 Å². The second kappa shape index (κ2) is 7.47. The third-order valence-electron chi connectivity index (χ3n) is 4.20. The molecule has 3 rings (SSSR count). The van der Waals surface area contributed by atoms with E-state index in [1.807, 2.05) is 6.92 Å². The van der Waals surface area contributed by atoms with Crippen LogP contribution in [0.15, 0.2) is 42.5 Å². The first-order valence-electron chi connectivity index (χ1n) is 8.61. The Bertz CT molecular complexity index is 834. The van der Waals surface area contributed by atoms with Gasteiger partial charge >= 0.3 is 0 Å². The molecule has 0 saturated carbocycles. The van der Waals surface area contributed by atoms with Gasteiger partial charge in [-0.2, -0.15) is 0 Å². The maximum absolute atomic E-state index is 12.5. The number of hydrogen-bond acceptors (Lipinski definition) is 4. The van der Waals surface area contributed by atoms with Gasteiger partial charge in [-0.3, -0.25) is 9.59 Å². The Labute approximate surface area is 152 Å². The second-order valence-electron chi connectivity index (χ2n) is 6.12. The van der Waals surface area contributed by atoms with Gasteiger partial charge in [-0.25, -0.2) is 0 Å². The van der Waals surface area contributed by atoms with Crippen molar-refractivity contribution in [1.29, 1.82) is 0 Å². The van der Waals surface area contributed by atoms with Crippen molar-refractivity contribution >= 4 is 23.2 Å². The molecule has 1 aliphatic heterocycles. The highest BCUT2D eigenvalue weighted by Gasteiger charge is 2.31.